The molecule has 0 aliphatic rings. The number of hydrogen-bond donors (Lipinski definition) is 2. The van der Waals surface area contributed by atoms with Gasteiger partial charge in [-0.05, 0) is 176 Å². The highest BCUT2D eigenvalue weighted by molar-refractivity contribution is 7.86. The third-order valence-corrected chi connectivity index (χ3v) is 13.1. The van der Waals surface area contributed by atoms with E-state index in [1.54, 1.807) is 63.4 Å². The molecule has 0 bridgehead atoms. The van der Waals surface area contributed by atoms with Gasteiger partial charge in [0.05, 0.1) is 12.0 Å². The van der Waals surface area contributed by atoms with Crippen LogP contribution >= 0.6 is 0 Å². The predicted octanol–water partition coefficient (Wildman–Crippen LogP) is 10.8. The summed E-state index contributed by atoms with van der Waals surface area (Å²) in [6, 6.07) is 30.0. The summed E-state index contributed by atoms with van der Waals surface area (Å²) in [4.78, 5) is -0.352. The van der Waals surface area contributed by atoms with Crippen molar-refractivity contribution in [3.05, 3.63) is 181 Å². The average molecular weight is 819 g/mol. The number of benzene rings is 6. The molecule has 0 saturated carbocycles. The van der Waals surface area contributed by atoms with Crippen LogP contribution in [0.25, 0.3) is 0 Å². The highest BCUT2D eigenvalue weighted by Crippen LogP contribution is 2.41. The minimum absolute atomic E-state index is 0.0784. The lowest BCUT2D eigenvalue weighted by Crippen LogP contribution is -2.13. The van der Waals surface area contributed by atoms with E-state index < -0.39 is 26.2 Å². The van der Waals surface area contributed by atoms with Crippen molar-refractivity contribution in [1.82, 2.24) is 0 Å². The first-order valence-corrected chi connectivity index (χ1v) is 21.9. The standard InChI is InChI=1S/C48H50O8S2/c1-28-20-29(2)44(30(3)21-28)25-36-10-17-41(32(5)23-36)47(43-19-16-40(27-46(43)57(49,50)51)56-39-14-12-38(55-9)13-15-39)42-18-11-37(24-33(42)6)26-45-31(4)22-34(7)48(35(45)8)58(52,53)54/h10-24,27,47H,25-26H2,1-9H3,(H,49,50,51)(H,52,53,54). The summed E-state index contributed by atoms with van der Waals surface area (Å²) in [5.41, 5.74) is 13.6. The van der Waals surface area contributed by atoms with Crippen LogP contribution in [0.4, 0.5) is 0 Å². The number of hydrogen-bond acceptors (Lipinski definition) is 6. The van der Waals surface area contributed by atoms with Crippen molar-refractivity contribution in [1.29, 1.82) is 0 Å². The molecule has 302 valence electrons. The number of rotatable bonds is 12. The van der Waals surface area contributed by atoms with E-state index in [4.69, 9.17) is 9.47 Å². The van der Waals surface area contributed by atoms with Crippen molar-refractivity contribution in [3.63, 3.8) is 0 Å². The number of aryl methyl sites for hydroxylation is 7. The molecule has 8 nitrogen and oxygen atoms in total. The summed E-state index contributed by atoms with van der Waals surface area (Å²) in [6.07, 6.45) is 1.15. The third kappa shape index (κ3) is 9.06. The maximum atomic E-state index is 13.3. The molecule has 1 atom stereocenters. The zero-order chi connectivity index (χ0) is 42.3. The van der Waals surface area contributed by atoms with Gasteiger partial charge in [0, 0.05) is 12.0 Å². The first kappa shape index (κ1) is 42.3. The lowest BCUT2D eigenvalue weighted by atomic mass is 9.79. The molecule has 0 fully saturated rings. The van der Waals surface area contributed by atoms with E-state index in [9.17, 15) is 25.9 Å². The Morgan fingerprint density at radius 2 is 0.983 bits per heavy atom. The predicted molar refractivity (Wildman–Crippen MR) is 229 cm³/mol. The van der Waals surface area contributed by atoms with Gasteiger partial charge in [0.15, 0.2) is 0 Å². The third-order valence-electron chi connectivity index (χ3n) is 11.1. The van der Waals surface area contributed by atoms with Crippen LogP contribution in [0, 0.1) is 55.4 Å². The van der Waals surface area contributed by atoms with Crippen molar-refractivity contribution in [2.75, 3.05) is 7.11 Å². The minimum Gasteiger partial charge on any atom is -0.497 e. The topological polar surface area (TPSA) is 127 Å². The largest absolute Gasteiger partial charge is 0.497 e. The molecule has 0 heterocycles. The van der Waals surface area contributed by atoms with Gasteiger partial charge >= 0.3 is 0 Å². The van der Waals surface area contributed by atoms with Crippen molar-refractivity contribution >= 4 is 20.2 Å². The van der Waals surface area contributed by atoms with Crippen molar-refractivity contribution < 1.29 is 35.4 Å². The van der Waals surface area contributed by atoms with Gasteiger partial charge in [0.1, 0.15) is 22.1 Å². The molecule has 0 aromatic heterocycles. The molecule has 6 aromatic rings. The lowest BCUT2D eigenvalue weighted by molar-refractivity contribution is 0.412. The van der Waals surface area contributed by atoms with E-state index in [2.05, 4.69) is 45.0 Å². The summed E-state index contributed by atoms with van der Waals surface area (Å²) in [5.74, 6) is 0.720. The Kier molecular flexibility index (Phi) is 12.1. The van der Waals surface area contributed by atoms with Gasteiger partial charge < -0.3 is 9.47 Å². The highest BCUT2D eigenvalue weighted by Gasteiger charge is 2.29. The number of methoxy groups -OCH3 is 1. The van der Waals surface area contributed by atoms with E-state index in [1.807, 2.05) is 45.0 Å². The first-order valence-electron chi connectivity index (χ1n) is 19.0. The van der Waals surface area contributed by atoms with E-state index in [0.717, 1.165) is 50.9 Å². The monoisotopic (exact) mass is 818 g/mol. The van der Waals surface area contributed by atoms with E-state index in [1.165, 1.54) is 28.3 Å². The van der Waals surface area contributed by atoms with Gasteiger partial charge in [0.25, 0.3) is 20.2 Å². The molecular formula is C48H50O8S2. The maximum Gasteiger partial charge on any atom is 0.295 e. The van der Waals surface area contributed by atoms with Crippen LogP contribution < -0.4 is 9.47 Å². The van der Waals surface area contributed by atoms with Gasteiger partial charge in [-0.3, -0.25) is 9.11 Å². The second-order valence-corrected chi connectivity index (χ2v) is 18.2. The van der Waals surface area contributed by atoms with Crippen LogP contribution in [0.3, 0.4) is 0 Å². The number of ether oxygens (including phenoxy) is 2. The van der Waals surface area contributed by atoms with Crippen LogP contribution in [0.1, 0.15) is 89.4 Å². The molecule has 0 aliphatic heterocycles. The summed E-state index contributed by atoms with van der Waals surface area (Å²) in [6.45, 7) is 15.7. The summed E-state index contributed by atoms with van der Waals surface area (Å²) in [5, 5.41) is 0. The summed E-state index contributed by atoms with van der Waals surface area (Å²) in [7, 11) is -7.63. The van der Waals surface area contributed by atoms with Gasteiger partial charge in [-0.25, -0.2) is 0 Å². The Balaban J connectivity index is 1.48. The quantitative estimate of drug-likeness (QED) is 0.0923. The Morgan fingerprint density at radius 1 is 0.500 bits per heavy atom. The fraction of sp³-hybridized carbons (Fsp3) is 0.250. The highest BCUT2D eigenvalue weighted by atomic mass is 32.2. The first-order chi connectivity index (χ1) is 27.2. The Hall–Kier alpha value is -5.26. The molecule has 58 heavy (non-hydrogen) atoms. The molecule has 0 aliphatic carbocycles. The van der Waals surface area contributed by atoms with Crippen LogP contribution in [0.5, 0.6) is 17.2 Å². The van der Waals surface area contributed by atoms with Crippen molar-refractivity contribution in [2.45, 2.75) is 83.9 Å². The molecule has 6 aromatic carbocycles. The molecule has 0 amide bonds. The van der Waals surface area contributed by atoms with Gasteiger partial charge in [-0.15, -0.1) is 0 Å². The summed E-state index contributed by atoms with van der Waals surface area (Å²) >= 11 is 0. The van der Waals surface area contributed by atoms with Crippen LogP contribution in [0.15, 0.2) is 107 Å². The van der Waals surface area contributed by atoms with Gasteiger partial charge in [-0.2, -0.15) is 16.8 Å². The molecule has 2 N–H and O–H groups in total. The van der Waals surface area contributed by atoms with E-state index in [-0.39, 0.29) is 15.5 Å². The zero-order valence-electron chi connectivity index (χ0n) is 34.4. The molecule has 0 spiro atoms. The van der Waals surface area contributed by atoms with Crippen molar-refractivity contribution in [3.8, 4) is 17.2 Å². The fourth-order valence-corrected chi connectivity index (χ4v) is 10.2. The fourth-order valence-electron chi connectivity index (χ4n) is 8.44. The molecule has 1 unspecified atom stereocenters. The molecule has 10 heteroatoms. The molecule has 6 rings (SSSR count). The minimum atomic E-state index is -4.76. The second kappa shape index (κ2) is 16.5. The van der Waals surface area contributed by atoms with Gasteiger partial charge in [0.2, 0.25) is 0 Å². The lowest BCUT2D eigenvalue weighted by Gasteiger charge is -2.26. The van der Waals surface area contributed by atoms with Crippen LogP contribution in [0.2, 0.25) is 0 Å². The second-order valence-electron chi connectivity index (χ2n) is 15.4. The van der Waals surface area contributed by atoms with Crippen LogP contribution in [-0.2, 0) is 33.1 Å². The van der Waals surface area contributed by atoms with Crippen molar-refractivity contribution in [2.24, 2.45) is 0 Å². The SMILES string of the molecule is COc1ccc(Oc2ccc(C(c3ccc(Cc4c(C)cc(C)cc4C)cc3C)c3ccc(Cc4c(C)cc(C)c(S(=O)(=O)O)c4C)cc3C)c(S(=O)(=O)O)c2)cc1. The van der Waals surface area contributed by atoms with E-state index >= 15 is 0 Å². The smallest absolute Gasteiger partial charge is 0.295 e. The maximum absolute atomic E-state index is 13.3. The Labute approximate surface area is 343 Å². The molecular weight excluding hydrogens is 769 g/mol. The van der Waals surface area contributed by atoms with Crippen LogP contribution in [-0.4, -0.2) is 33.1 Å². The van der Waals surface area contributed by atoms with E-state index in [0.29, 0.717) is 34.6 Å². The molecule has 0 radical (unpaired) electrons. The normalized spacial score (nSPS) is 12.4. The Bertz CT molecular complexity index is 2750. The zero-order valence-corrected chi connectivity index (χ0v) is 36.0. The van der Waals surface area contributed by atoms with Gasteiger partial charge in [-0.1, -0.05) is 66.2 Å². The molecule has 0 saturated heterocycles. The average Bonchev–Trinajstić information content (AvgIpc) is 3.13. The summed E-state index contributed by atoms with van der Waals surface area (Å²) < 4.78 is 83.4. The Morgan fingerprint density at radius 3 is 1.48 bits per heavy atom.